The number of halogens is 1. The Bertz CT molecular complexity index is 723. The summed E-state index contributed by atoms with van der Waals surface area (Å²) >= 11 is 4.66. The normalized spacial score (nSPS) is 12.0. The van der Waals surface area contributed by atoms with E-state index in [1.807, 2.05) is 24.3 Å². The Hall–Kier alpha value is -0.730. The lowest BCUT2D eigenvalue weighted by Crippen LogP contribution is -2.26. The average Bonchev–Trinajstić information content (AvgIpc) is 2.83. The Kier molecular flexibility index (Phi) is 5.21. The van der Waals surface area contributed by atoms with Gasteiger partial charge in [0.1, 0.15) is 0 Å². The lowest BCUT2D eigenvalue weighted by Gasteiger charge is -2.17. The molecule has 7 heteroatoms. The van der Waals surface area contributed by atoms with Crippen LogP contribution in [-0.2, 0) is 23.2 Å². The Balaban J connectivity index is 2.25. The smallest absolute Gasteiger partial charge is 0.244 e. The van der Waals surface area contributed by atoms with Crippen LogP contribution < -0.4 is 0 Å². The van der Waals surface area contributed by atoms with Gasteiger partial charge in [-0.25, -0.2) is 8.42 Å². The Labute approximate surface area is 137 Å². The minimum absolute atomic E-state index is 0.141. The van der Waals surface area contributed by atoms with Crippen LogP contribution in [0.15, 0.2) is 39.7 Å². The minimum atomic E-state index is -3.55. The fraction of sp³-hybridized carbons (Fsp3) is 0.286. The number of nitrogens with zero attached hydrogens (tertiary/aromatic N) is 1. The molecule has 0 aliphatic rings. The molecular weight excluding hydrogens is 374 g/mol. The molecule has 0 fully saturated rings. The number of aliphatic hydroxyl groups excluding tert-OH is 1. The van der Waals surface area contributed by atoms with Gasteiger partial charge in [0, 0.05) is 27.8 Å². The van der Waals surface area contributed by atoms with Crippen LogP contribution in [0, 0.1) is 6.92 Å². The maximum Gasteiger partial charge on any atom is 0.244 e. The second-order valence-electron chi connectivity index (χ2n) is 4.68. The monoisotopic (exact) mass is 389 g/mol. The van der Waals surface area contributed by atoms with Gasteiger partial charge in [0.2, 0.25) is 10.0 Å². The van der Waals surface area contributed by atoms with Crippen molar-refractivity contribution in [1.82, 2.24) is 4.31 Å². The van der Waals surface area contributed by atoms with Gasteiger partial charge in [-0.2, -0.15) is 4.31 Å². The van der Waals surface area contributed by atoms with Gasteiger partial charge >= 0.3 is 0 Å². The van der Waals surface area contributed by atoms with Crippen LogP contribution in [0.1, 0.15) is 15.3 Å². The quantitative estimate of drug-likeness (QED) is 0.854. The summed E-state index contributed by atoms with van der Waals surface area (Å²) in [7, 11) is -1.98. The van der Waals surface area contributed by atoms with Crippen molar-refractivity contribution in [3.63, 3.8) is 0 Å². The summed E-state index contributed by atoms with van der Waals surface area (Å²) in [6, 6.07) is 9.09. The van der Waals surface area contributed by atoms with Crippen LogP contribution in [0.3, 0.4) is 0 Å². The van der Waals surface area contributed by atoms with E-state index in [0.29, 0.717) is 16.3 Å². The number of benzene rings is 1. The zero-order valence-corrected chi connectivity index (χ0v) is 14.9. The molecule has 0 amide bonds. The van der Waals surface area contributed by atoms with E-state index >= 15 is 0 Å². The zero-order chi connectivity index (χ0) is 15.6. The van der Waals surface area contributed by atoms with E-state index in [0.717, 1.165) is 10.0 Å². The van der Waals surface area contributed by atoms with Crippen LogP contribution >= 0.6 is 27.3 Å². The molecule has 0 saturated carbocycles. The molecule has 0 aliphatic heterocycles. The summed E-state index contributed by atoms with van der Waals surface area (Å²) in [5.41, 5.74) is 0.916. The molecule has 114 valence electrons. The predicted octanol–water partition coefficient (Wildman–Crippen LogP) is 3.13. The second kappa shape index (κ2) is 6.58. The van der Waals surface area contributed by atoms with Gasteiger partial charge in [-0.1, -0.05) is 28.1 Å². The third-order valence-electron chi connectivity index (χ3n) is 3.09. The molecule has 0 unspecified atom stereocenters. The number of aryl methyl sites for hydroxylation is 1. The first-order chi connectivity index (χ1) is 9.84. The van der Waals surface area contributed by atoms with Gasteiger partial charge in [-0.05, 0) is 30.7 Å². The molecule has 2 aromatic rings. The summed E-state index contributed by atoms with van der Waals surface area (Å²) in [6.45, 7) is 1.92. The predicted molar refractivity (Wildman–Crippen MR) is 87.8 cm³/mol. The third-order valence-corrected chi connectivity index (χ3v) is 6.71. The molecule has 0 saturated heterocycles. The molecule has 0 atom stereocenters. The number of hydrogen-bond acceptors (Lipinski definition) is 4. The van der Waals surface area contributed by atoms with Crippen molar-refractivity contribution in [1.29, 1.82) is 0 Å². The van der Waals surface area contributed by atoms with Crippen LogP contribution in [0.5, 0.6) is 0 Å². The van der Waals surface area contributed by atoms with Crippen molar-refractivity contribution in [3.8, 4) is 0 Å². The first kappa shape index (κ1) is 16.6. The maximum atomic E-state index is 12.6. The van der Waals surface area contributed by atoms with Crippen molar-refractivity contribution in [2.75, 3.05) is 7.05 Å². The third kappa shape index (κ3) is 3.73. The fourth-order valence-corrected chi connectivity index (χ4v) is 4.84. The Morgan fingerprint density at radius 3 is 2.43 bits per heavy atom. The van der Waals surface area contributed by atoms with E-state index in [1.165, 1.54) is 15.6 Å². The largest absolute Gasteiger partial charge is 0.391 e. The molecule has 0 spiro atoms. The SMILES string of the molecule is Cc1sc(CO)cc1S(=O)(=O)N(C)Cc1ccc(Br)cc1. The van der Waals surface area contributed by atoms with Gasteiger partial charge < -0.3 is 5.11 Å². The van der Waals surface area contributed by atoms with Crippen molar-refractivity contribution >= 4 is 37.3 Å². The second-order valence-corrected chi connectivity index (χ2v) is 8.95. The first-order valence-corrected chi connectivity index (χ1v) is 9.30. The molecule has 21 heavy (non-hydrogen) atoms. The topological polar surface area (TPSA) is 57.6 Å². The van der Waals surface area contributed by atoms with Crippen molar-refractivity contribution in [2.45, 2.75) is 25.0 Å². The highest BCUT2D eigenvalue weighted by Crippen LogP contribution is 2.28. The molecule has 1 N–H and O–H groups in total. The van der Waals surface area contributed by atoms with E-state index in [-0.39, 0.29) is 11.5 Å². The van der Waals surface area contributed by atoms with E-state index in [9.17, 15) is 8.42 Å². The van der Waals surface area contributed by atoms with Gasteiger partial charge in [0.15, 0.2) is 0 Å². The number of thiophene rings is 1. The van der Waals surface area contributed by atoms with Crippen LogP contribution in [0.4, 0.5) is 0 Å². The van der Waals surface area contributed by atoms with E-state index in [4.69, 9.17) is 5.11 Å². The molecule has 1 heterocycles. The molecular formula is C14H16BrNO3S2. The summed E-state index contributed by atoms with van der Waals surface area (Å²) in [5.74, 6) is 0. The number of aliphatic hydroxyl groups is 1. The van der Waals surface area contributed by atoms with Crippen LogP contribution in [-0.4, -0.2) is 24.9 Å². The molecule has 0 bridgehead atoms. The van der Waals surface area contributed by atoms with Crippen molar-refractivity contribution < 1.29 is 13.5 Å². The maximum absolute atomic E-state index is 12.6. The summed E-state index contributed by atoms with van der Waals surface area (Å²) in [4.78, 5) is 1.63. The van der Waals surface area contributed by atoms with Gasteiger partial charge in [-0.3, -0.25) is 0 Å². The number of sulfonamides is 1. The molecule has 1 aromatic carbocycles. The summed E-state index contributed by atoms with van der Waals surface area (Å²) in [6.07, 6.45) is 0. The molecule has 0 aliphatic carbocycles. The summed E-state index contributed by atoms with van der Waals surface area (Å²) in [5, 5.41) is 9.14. The Morgan fingerprint density at radius 2 is 1.90 bits per heavy atom. The fourth-order valence-electron chi connectivity index (χ4n) is 1.96. The zero-order valence-electron chi connectivity index (χ0n) is 11.7. The van der Waals surface area contributed by atoms with Crippen molar-refractivity contribution in [3.05, 3.63) is 50.1 Å². The van der Waals surface area contributed by atoms with Crippen LogP contribution in [0.2, 0.25) is 0 Å². The van der Waals surface area contributed by atoms with Gasteiger partial charge in [-0.15, -0.1) is 11.3 Å². The highest BCUT2D eigenvalue weighted by molar-refractivity contribution is 9.10. The van der Waals surface area contributed by atoms with Gasteiger partial charge in [0.05, 0.1) is 11.5 Å². The van der Waals surface area contributed by atoms with Crippen LogP contribution in [0.25, 0.3) is 0 Å². The molecule has 1 aromatic heterocycles. The molecule has 2 rings (SSSR count). The van der Waals surface area contributed by atoms with E-state index in [2.05, 4.69) is 15.9 Å². The van der Waals surface area contributed by atoms with Gasteiger partial charge in [0.25, 0.3) is 0 Å². The lowest BCUT2D eigenvalue weighted by molar-refractivity contribution is 0.285. The number of rotatable bonds is 5. The lowest BCUT2D eigenvalue weighted by atomic mass is 10.2. The average molecular weight is 390 g/mol. The first-order valence-electron chi connectivity index (χ1n) is 6.25. The Morgan fingerprint density at radius 1 is 1.29 bits per heavy atom. The number of hydrogen-bond donors (Lipinski definition) is 1. The van der Waals surface area contributed by atoms with Crippen molar-refractivity contribution in [2.24, 2.45) is 0 Å². The molecule has 0 radical (unpaired) electrons. The summed E-state index contributed by atoms with van der Waals surface area (Å²) < 4.78 is 27.5. The highest BCUT2D eigenvalue weighted by atomic mass is 79.9. The molecule has 4 nitrogen and oxygen atoms in total. The van der Waals surface area contributed by atoms with E-state index in [1.54, 1.807) is 20.0 Å². The standard InChI is InChI=1S/C14H16BrNO3S2/c1-10-14(7-13(9-17)20-10)21(18,19)16(2)8-11-3-5-12(15)6-4-11/h3-7,17H,8-9H2,1-2H3. The highest BCUT2D eigenvalue weighted by Gasteiger charge is 2.24. The minimum Gasteiger partial charge on any atom is -0.391 e. The van der Waals surface area contributed by atoms with E-state index < -0.39 is 10.0 Å².